The van der Waals surface area contributed by atoms with Crippen LogP contribution in [-0.2, 0) is 37.6 Å². The van der Waals surface area contributed by atoms with E-state index in [1.807, 2.05) is 0 Å². The standard InChI is InChI=1S/C23H46O8Si/c1-7-8-24-9-10-25-11-12-26-13-14-27-15-16-28-17-18-29-19-20-30-21-22-31-32(5,6)23(2,3)4/h1H,8-22H2,2-6H3. The summed E-state index contributed by atoms with van der Waals surface area (Å²) < 4.78 is 43.8. The molecule has 0 radical (unpaired) electrons. The third kappa shape index (κ3) is 20.1. The van der Waals surface area contributed by atoms with E-state index in [1.165, 1.54) is 0 Å². The Kier molecular flexibility index (Phi) is 20.7. The number of rotatable bonds is 23. The molecule has 0 spiro atoms. The van der Waals surface area contributed by atoms with Crippen molar-refractivity contribution < 1.29 is 37.6 Å². The minimum Gasteiger partial charge on any atom is -0.414 e. The van der Waals surface area contributed by atoms with Gasteiger partial charge in [0.05, 0.1) is 92.5 Å². The normalized spacial score (nSPS) is 12.2. The van der Waals surface area contributed by atoms with Crippen LogP contribution < -0.4 is 0 Å². The molecule has 0 aliphatic rings. The highest BCUT2D eigenvalue weighted by Gasteiger charge is 2.36. The van der Waals surface area contributed by atoms with E-state index in [-0.39, 0.29) is 5.04 Å². The molecule has 8 nitrogen and oxygen atoms in total. The first-order chi connectivity index (χ1) is 15.3. The summed E-state index contributed by atoms with van der Waals surface area (Å²) in [5.74, 6) is 2.40. The van der Waals surface area contributed by atoms with Crippen LogP contribution in [-0.4, -0.2) is 107 Å². The van der Waals surface area contributed by atoms with E-state index in [1.54, 1.807) is 0 Å². The SMILES string of the molecule is C#CCOCCOCCOCCOCCOCCOCCOCCO[Si](C)(C)C(C)(C)C. The predicted molar refractivity (Wildman–Crippen MR) is 128 cm³/mol. The zero-order valence-corrected chi connectivity index (χ0v) is 21.9. The van der Waals surface area contributed by atoms with Crippen molar-refractivity contribution in [2.24, 2.45) is 0 Å². The highest BCUT2D eigenvalue weighted by Crippen LogP contribution is 2.36. The van der Waals surface area contributed by atoms with Gasteiger partial charge in [0, 0.05) is 0 Å². The maximum atomic E-state index is 6.06. The van der Waals surface area contributed by atoms with Gasteiger partial charge in [-0.15, -0.1) is 6.42 Å². The zero-order valence-electron chi connectivity index (χ0n) is 20.9. The molecule has 0 atom stereocenters. The number of ether oxygens (including phenoxy) is 7. The number of hydrogen-bond acceptors (Lipinski definition) is 8. The van der Waals surface area contributed by atoms with Gasteiger partial charge in [-0.3, -0.25) is 0 Å². The van der Waals surface area contributed by atoms with Crippen LogP contribution in [0.25, 0.3) is 0 Å². The van der Waals surface area contributed by atoms with Gasteiger partial charge in [0.25, 0.3) is 0 Å². The third-order valence-corrected chi connectivity index (χ3v) is 9.45. The molecule has 0 saturated heterocycles. The first-order valence-corrected chi connectivity index (χ1v) is 14.3. The van der Waals surface area contributed by atoms with Gasteiger partial charge >= 0.3 is 0 Å². The van der Waals surface area contributed by atoms with Crippen molar-refractivity contribution in [3.63, 3.8) is 0 Å². The van der Waals surface area contributed by atoms with Crippen LogP contribution >= 0.6 is 0 Å². The molecule has 9 heteroatoms. The Hall–Kier alpha value is -0.543. The number of hydrogen-bond donors (Lipinski definition) is 0. The van der Waals surface area contributed by atoms with Crippen LogP contribution in [0.2, 0.25) is 18.1 Å². The van der Waals surface area contributed by atoms with Crippen molar-refractivity contribution in [2.75, 3.05) is 99.1 Å². The van der Waals surface area contributed by atoms with Gasteiger partial charge in [-0.2, -0.15) is 0 Å². The predicted octanol–water partition coefficient (Wildman–Crippen LogP) is 2.76. The lowest BCUT2D eigenvalue weighted by Gasteiger charge is -2.36. The van der Waals surface area contributed by atoms with Crippen LogP contribution in [0.15, 0.2) is 0 Å². The van der Waals surface area contributed by atoms with Gasteiger partial charge < -0.3 is 37.6 Å². The maximum absolute atomic E-state index is 6.06. The molecule has 0 aromatic rings. The van der Waals surface area contributed by atoms with Crippen molar-refractivity contribution >= 4 is 8.32 Å². The molecule has 0 aliphatic carbocycles. The highest BCUT2D eigenvalue weighted by atomic mass is 28.4. The van der Waals surface area contributed by atoms with Gasteiger partial charge in [0.15, 0.2) is 8.32 Å². The Balaban J connectivity index is 3.16. The fourth-order valence-electron chi connectivity index (χ4n) is 2.02. The maximum Gasteiger partial charge on any atom is 0.192 e. The fraction of sp³-hybridized carbons (Fsp3) is 0.913. The van der Waals surface area contributed by atoms with Crippen LogP contribution in [0, 0.1) is 12.3 Å². The van der Waals surface area contributed by atoms with Crippen LogP contribution in [0.3, 0.4) is 0 Å². The molecule has 0 fully saturated rings. The van der Waals surface area contributed by atoms with Gasteiger partial charge in [-0.25, -0.2) is 0 Å². The van der Waals surface area contributed by atoms with E-state index in [0.717, 1.165) is 0 Å². The lowest BCUT2D eigenvalue weighted by Crippen LogP contribution is -2.41. The Labute approximate surface area is 196 Å². The summed E-state index contributed by atoms with van der Waals surface area (Å²) in [5.41, 5.74) is 0. The first-order valence-electron chi connectivity index (χ1n) is 11.4. The second-order valence-corrected chi connectivity index (χ2v) is 13.3. The lowest BCUT2D eigenvalue weighted by molar-refractivity contribution is -0.0206. The van der Waals surface area contributed by atoms with E-state index >= 15 is 0 Å². The second-order valence-electron chi connectivity index (χ2n) is 8.54. The minimum absolute atomic E-state index is 0.226. The molecule has 0 bridgehead atoms. The van der Waals surface area contributed by atoms with Gasteiger partial charge in [0.1, 0.15) is 6.61 Å². The topological polar surface area (TPSA) is 73.8 Å². The molecule has 0 rings (SSSR count). The summed E-state index contributed by atoms with van der Waals surface area (Å²) in [6.45, 7) is 19.1. The summed E-state index contributed by atoms with van der Waals surface area (Å²) in [6, 6.07) is 0. The van der Waals surface area contributed by atoms with Crippen molar-refractivity contribution in [1.29, 1.82) is 0 Å². The van der Waals surface area contributed by atoms with Crippen molar-refractivity contribution in [1.82, 2.24) is 0 Å². The first kappa shape index (κ1) is 31.5. The molecular formula is C23H46O8Si. The van der Waals surface area contributed by atoms with Crippen molar-refractivity contribution in [2.45, 2.75) is 38.9 Å². The molecule has 190 valence electrons. The summed E-state index contributed by atoms with van der Waals surface area (Å²) in [5, 5.41) is 0.226. The highest BCUT2D eigenvalue weighted by molar-refractivity contribution is 6.74. The fourth-order valence-corrected chi connectivity index (χ4v) is 3.05. The Morgan fingerprint density at radius 2 is 0.812 bits per heavy atom. The smallest absolute Gasteiger partial charge is 0.192 e. The molecule has 0 aromatic carbocycles. The Morgan fingerprint density at radius 3 is 1.09 bits per heavy atom. The van der Waals surface area contributed by atoms with Gasteiger partial charge in [-0.1, -0.05) is 26.7 Å². The number of terminal acetylenes is 1. The van der Waals surface area contributed by atoms with Crippen LogP contribution in [0.1, 0.15) is 20.8 Å². The van der Waals surface area contributed by atoms with E-state index in [2.05, 4.69) is 39.8 Å². The summed E-state index contributed by atoms with van der Waals surface area (Å²) >= 11 is 0. The molecule has 0 amide bonds. The largest absolute Gasteiger partial charge is 0.414 e. The summed E-state index contributed by atoms with van der Waals surface area (Å²) in [4.78, 5) is 0. The minimum atomic E-state index is -1.68. The monoisotopic (exact) mass is 478 g/mol. The van der Waals surface area contributed by atoms with E-state index in [9.17, 15) is 0 Å². The van der Waals surface area contributed by atoms with Crippen LogP contribution in [0.4, 0.5) is 0 Å². The van der Waals surface area contributed by atoms with Gasteiger partial charge in [-0.05, 0) is 18.1 Å². The molecule has 0 heterocycles. The van der Waals surface area contributed by atoms with Crippen LogP contribution in [0.5, 0.6) is 0 Å². The second kappa shape index (κ2) is 21.0. The third-order valence-electron chi connectivity index (χ3n) is 4.91. The quantitative estimate of drug-likeness (QED) is 0.126. The van der Waals surface area contributed by atoms with E-state index < -0.39 is 8.32 Å². The van der Waals surface area contributed by atoms with Crippen molar-refractivity contribution in [3.8, 4) is 12.3 Å². The Bertz CT molecular complexity index is 448. The molecule has 0 saturated carbocycles. The average Bonchev–Trinajstić information content (AvgIpc) is 2.73. The lowest BCUT2D eigenvalue weighted by atomic mass is 10.2. The van der Waals surface area contributed by atoms with E-state index in [0.29, 0.717) is 99.1 Å². The Morgan fingerprint density at radius 1 is 0.531 bits per heavy atom. The summed E-state index contributed by atoms with van der Waals surface area (Å²) in [7, 11) is -1.68. The molecule has 0 N–H and O–H groups in total. The molecule has 0 unspecified atom stereocenters. The van der Waals surface area contributed by atoms with Crippen molar-refractivity contribution in [3.05, 3.63) is 0 Å². The molecule has 0 aliphatic heterocycles. The summed E-state index contributed by atoms with van der Waals surface area (Å²) in [6.07, 6.45) is 5.07. The van der Waals surface area contributed by atoms with Gasteiger partial charge in [0.2, 0.25) is 0 Å². The van der Waals surface area contributed by atoms with E-state index in [4.69, 9.17) is 44.0 Å². The molecule has 0 aromatic heterocycles. The molecular weight excluding hydrogens is 432 g/mol. The average molecular weight is 479 g/mol. The molecule has 32 heavy (non-hydrogen) atoms. The zero-order chi connectivity index (χ0) is 24.0.